The number of likely N-dealkylation sites (tertiary alicyclic amines) is 1. The van der Waals surface area contributed by atoms with E-state index >= 15 is 0 Å². The lowest BCUT2D eigenvalue weighted by Gasteiger charge is -2.26. The molecule has 108 valence electrons. The van der Waals surface area contributed by atoms with Gasteiger partial charge in [0.25, 0.3) is 5.69 Å². The number of nitro benzene ring substituents is 1. The van der Waals surface area contributed by atoms with Crippen LogP contribution in [0.3, 0.4) is 0 Å². The Kier molecular flexibility index (Phi) is 4.34. The van der Waals surface area contributed by atoms with E-state index in [-0.39, 0.29) is 23.6 Å². The van der Waals surface area contributed by atoms with Crippen LogP contribution in [0.5, 0.6) is 0 Å². The van der Waals surface area contributed by atoms with Crippen LogP contribution >= 0.6 is 0 Å². The third kappa shape index (κ3) is 2.80. The number of non-ortho nitro benzene ring substituents is 1. The summed E-state index contributed by atoms with van der Waals surface area (Å²) >= 11 is 0. The van der Waals surface area contributed by atoms with E-state index in [4.69, 9.17) is 5.73 Å². The Morgan fingerprint density at radius 3 is 3.00 bits per heavy atom. The number of nitrogens with zero attached hydrogens (tertiary/aromatic N) is 2. The molecule has 1 aromatic carbocycles. The van der Waals surface area contributed by atoms with E-state index in [0.29, 0.717) is 12.1 Å². The van der Waals surface area contributed by atoms with Crippen molar-refractivity contribution in [3.8, 4) is 0 Å². The highest BCUT2D eigenvalue weighted by molar-refractivity contribution is 5.84. The van der Waals surface area contributed by atoms with Gasteiger partial charge >= 0.3 is 0 Å². The maximum atomic E-state index is 12.5. The molecule has 6 nitrogen and oxygen atoms in total. The summed E-state index contributed by atoms with van der Waals surface area (Å²) in [7, 11) is 0. The van der Waals surface area contributed by atoms with E-state index < -0.39 is 4.92 Å². The molecule has 1 saturated heterocycles. The standard InChI is InChI=1S/C14H19N3O3/c1-10(11-4-2-5-12(8-11)17(19)20)14(18)16-7-3-6-13(16)9-15/h2,4-5,8,10,13H,3,6-7,9,15H2,1H3. The van der Waals surface area contributed by atoms with Crippen LogP contribution in [0.25, 0.3) is 0 Å². The highest BCUT2D eigenvalue weighted by Crippen LogP contribution is 2.26. The highest BCUT2D eigenvalue weighted by atomic mass is 16.6. The highest BCUT2D eigenvalue weighted by Gasteiger charge is 2.31. The maximum Gasteiger partial charge on any atom is 0.269 e. The first-order valence-electron chi connectivity index (χ1n) is 6.79. The molecule has 1 heterocycles. The minimum absolute atomic E-state index is 0.00144. The summed E-state index contributed by atoms with van der Waals surface area (Å²) in [5.41, 5.74) is 6.37. The Hall–Kier alpha value is -1.95. The first kappa shape index (κ1) is 14.5. The Labute approximate surface area is 117 Å². The molecule has 0 radical (unpaired) electrons. The minimum atomic E-state index is -0.445. The lowest BCUT2D eigenvalue weighted by Crippen LogP contribution is -2.41. The summed E-state index contributed by atoms with van der Waals surface area (Å²) in [6, 6.07) is 6.36. The normalized spacial score (nSPS) is 19.9. The molecule has 1 amide bonds. The molecule has 1 aromatic rings. The van der Waals surface area contributed by atoms with E-state index in [1.807, 2.05) is 4.90 Å². The molecule has 2 unspecified atom stereocenters. The first-order valence-corrected chi connectivity index (χ1v) is 6.79. The maximum absolute atomic E-state index is 12.5. The predicted octanol–water partition coefficient (Wildman–Crippen LogP) is 1.65. The van der Waals surface area contributed by atoms with Crippen molar-refractivity contribution in [2.75, 3.05) is 13.1 Å². The van der Waals surface area contributed by atoms with E-state index in [1.165, 1.54) is 12.1 Å². The van der Waals surface area contributed by atoms with Gasteiger partial charge in [0, 0.05) is 31.3 Å². The quantitative estimate of drug-likeness (QED) is 0.669. The summed E-state index contributed by atoms with van der Waals surface area (Å²) in [6.07, 6.45) is 1.90. The van der Waals surface area contributed by atoms with Crippen molar-refractivity contribution in [3.63, 3.8) is 0 Å². The average Bonchev–Trinajstić information content (AvgIpc) is 2.94. The first-order chi connectivity index (χ1) is 9.54. The van der Waals surface area contributed by atoms with Gasteiger partial charge in [-0.25, -0.2) is 0 Å². The van der Waals surface area contributed by atoms with Crippen LogP contribution in [0, 0.1) is 10.1 Å². The fraction of sp³-hybridized carbons (Fsp3) is 0.500. The lowest BCUT2D eigenvalue weighted by atomic mass is 9.99. The number of carbonyl (C=O) groups excluding carboxylic acids is 1. The zero-order chi connectivity index (χ0) is 14.7. The van der Waals surface area contributed by atoms with Crippen LogP contribution in [0.1, 0.15) is 31.2 Å². The van der Waals surface area contributed by atoms with Crippen LogP contribution in [0.4, 0.5) is 5.69 Å². The Bertz CT molecular complexity index is 518. The van der Waals surface area contributed by atoms with Crippen molar-refractivity contribution in [1.29, 1.82) is 0 Å². The molecule has 0 bridgehead atoms. The molecule has 0 spiro atoms. The zero-order valence-electron chi connectivity index (χ0n) is 11.5. The molecule has 0 aliphatic carbocycles. The molecule has 2 rings (SSSR count). The van der Waals surface area contributed by atoms with E-state index in [9.17, 15) is 14.9 Å². The third-order valence-corrected chi connectivity index (χ3v) is 3.88. The largest absolute Gasteiger partial charge is 0.338 e. The number of amides is 1. The molecular formula is C14H19N3O3. The number of carbonyl (C=O) groups is 1. The molecule has 0 saturated carbocycles. The zero-order valence-corrected chi connectivity index (χ0v) is 11.5. The van der Waals surface area contributed by atoms with Gasteiger partial charge in [-0.3, -0.25) is 14.9 Å². The Balaban J connectivity index is 2.18. The predicted molar refractivity (Wildman–Crippen MR) is 75.3 cm³/mol. The van der Waals surface area contributed by atoms with Crippen LogP contribution in [0.15, 0.2) is 24.3 Å². The van der Waals surface area contributed by atoms with Crippen molar-refractivity contribution in [2.45, 2.75) is 31.7 Å². The monoisotopic (exact) mass is 277 g/mol. The second kappa shape index (κ2) is 6.00. The van der Waals surface area contributed by atoms with Gasteiger partial charge < -0.3 is 10.6 Å². The summed E-state index contributed by atoms with van der Waals surface area (Å²) in [6.45, 7) is 2.97. The number of hydrogen-bond donors (Lipinski definition) is 1. The smallest absolute Gasteiger partial charge is 0.269 e. The summed E-state index contributed by atoms with van der Waals surface area (Å²) in [5.74, 6) is -0.388. The van der Waals surface area contributed by atoms with Gasteiger partial charge in [-0.15, -0.1) is 0 Å². The van der Waals surface area contributed by atoms with Gasteiger partial charge in [-0.1, -0.05) is 12.1 Å². The average molecular weight is 277 g/mol. The molecule has 1 fully saturated rings. The fourth-order valence-electron chi connectivity index (χ4n) is 2.67. The van der Waals surface area contributed by atoms with Gasteiger partial charge in [0.2, 0.25) is 5.91 Å². The van der Waals surface area contributed by atoms with Crippen molar-refractivity contribution in [1.82, 2.24) is 4.90 Å². The minimum Gasteiger partial charge on any atom is -0.338 e. The molecule has 1 aliphatic rings. The summed E-state index contributed by atoms with van der Waals surface area (Å²) < 4.78 is 0. The van der Waals surface area contributed by atoms with Gasteiger partial charge in [-0.05, 0) is 25.3 Å². The van der Waals surface area contributed by atoms with E-state index in [0.717, 1.165) is 19.4 Å². The molecular weight excluding hydrogens is 258 g/mol. The molecule has 2 atom stereocenters. The Morgan fingerprint density at radius 1 is 1.60 bits per heavy atom. The number of nitrogens with two attached hydrogens (primary N) is 1. The number of benzene rings is 1. The van der Waals surface area contributed by atoms with Crippen LogP contribution in [-0.2, 0) is 4.79 Å². The van der Waals surface area contributed by atoms with Crippen LogP contribution in [-0.4, -0.2) is 34.9 Å². The van der Waals surface area contributed by atoms with Gasteiger partial charge in [-0.2, -0.15) is 0 Å². The molecule has 1 aliphatic heterocycles. The summed E-state index contributed by atoms with van der Waals surface area (Å²) in [5, 5.41) is 10.8. The van der Waals surface area contributed by atoms with Crippen LogP contribution in [0.2, 0.25) is 0 Å². The topological polar surface area (TPSA) is 89.5 Å². The lowest BCUT2D eigenvalue weighted by molar-refractivity contribution is -0.384. The second-order valence-corrected chi connectivity index (χ2v) is 5.14. The summed E-state index contributed by atoms with van der Waals surface area (Å²) in [4.78, 5) is 24.7. The van der Waals surface area contributed by atoms with E-state index in [1.54, 1.807) is 19.1 Å². The van der Waals surface area contributed by atoms with Gasteiger partial charge in [0.05, 0.1) is 10.8 Å². The van der Waals surface area contributed by atoms with Crippen molar-refractivity contribution < 1.29 is 9.72 Å². The molecule has 0 aromatic heterocycles. The SMILES string of the molecule is CC(C(=O)N1CCCC1CN)c1cccc([N+](=O)[O-])c1. The van der Waals surface area contributed by atoms with Crippen molar-refractivity contribution >= 4 is 11.6 Å². The number of rotatable bonds is 4. The molecule has 6 heteroatoms. The number of hydrogen-bond acceptors (Lipinski definition) is 4. The van der Waals surface area contributed by atoms with Crippen molar-refractivity contribution in [2.24, 2.45) is 5.73 Å². The number of nitro groups is 1. The van der Waals surface area contributed by atoms with E-state index in [2.05, 4.69) is 0 Å². The third-order valence-electron chi connectivity index (χ3n) is 3.88. The second-order valence-electron chi connectivity index (χ2n) is 5.14. The van der Waals surface area contributed by atoms with Crippen molar-refractivity contribution in [3.05, 3.63) is 39.9 Å². The molecule has 2 N–H and O–H groups in total. The van der Waals surface area contributed by atoms with Crippen LogP contribution < -0.4 is 5.73 Å². The Morgan fingerprint density at radius 2 is 2.35 bits per heavy atom. The van der Waals surface area contributed by atoms with Gasteiger partial charge in [0.15, 0.2) is 0 Å². The fourth-order valence-corrected chi connectivity index (χ4v) is 2.67. The van der Waals surface area contributed by atoms with Gasteiger partial charge in [0.1, 0.15) is 0 Å². The molecule has 20 heavy (non-hydrogen) atoms.